The molecule has 1 saturated carbocycles. The quantitative estimate of drug-likeness (QED) is 0.783. The summed E-state index contributed by atoms with van der Waals surface area (Å²) in [6.45, 7) is 4.75. The van der Waals surface area contributed by atoms with Crippen molar-refractivity contribution in [1.29, 1.82) is 0 Å². The van der Waals surface area contributed by atoms with Crippen LogP contribution in [-0.4, -0.2) is 25.5 Å². The highest BCUT2D eigenvalue weighted by molar-refractivity contribution is 5.78. The number of aryl methyl sites for hydroxylation is 1. The van der Waals surface area contributed by atoms with Crippen LogP contribution in [0.1, 0.15) is 29.9 Å². The normalized spacial score (nSPS) is 18.8. The van der Waals surface area contributed by atoms with Gasteiger partial charge in [0, 0.05) is 0 Å². The van der Waals surface area contributed by atoms with Crippen molar-refractivity contribution >= 4 is 5.84 Å². The molecule has 0 spiro atoms. The van der Waals surface area contributed by atoms with Crippen LogP contribution < -0.4 is 15.0 Å². The van der Waals surface area contributed by atoms with Gasteiger partial charge in [0.2, 0.25) is 0 Å². The summed E-state index contributed by atoms with van der Waals surface area (Å²) in [5.41, 5.74) is 2.65. The molecule has 0 aromatic heterocycles. The van der Waals surface area contributed by atoms with E-state index in [0.717, 1.165) is 30.6 Å². The first-order chi connectivity index (χ1) is 8.33. The second-order valence-electron chi connectivity index (χ2n) is 4.94. The van der Waals surface area contributed by atoms with E-state index >= 15 is 0 Å². The van der Waals surface area contributed by atoms with Gasteiger partial charge in [0.15, 0.2) is 6.61 Å². The van der Waals surface area contributed by atoms with E-state index in [1.165, 1.54) is 24.0 Å². The van der Waals surface area contributed by atoms with Crippen molar-refractivity contribution < 1.29 is 9.73 Å². The van der Waals surface area contributed by atoms with E-state index in [2.05, 4.69) is 35.4 Å². The van der Waals surface area contributed by atoms with Gasteiger partial charge in [-0.1, -0.05) is 12.1 Å². The van der Waals surface area contributed by atoms with Gasteiger partial charge in [-0.05, 0) is 42.9 Å². The summed E-state index contributed by atoms with van der Waals surface area (Å²) in [4.78, 5) is 3.29. The van der Waals surface area contributed by atoms with Crippen LogP contribution in [0.2, 0.25) is 0 Å². The summed E-state index contributed by atoms with van der Waals surface area (Å²) < 4.78 is 5.94. The molecule has 0 saturated heterocycles. The Morgan fingerprint density at radius 1 is 1.41 bits per heavy atom. The van der Waals surface area contributed by atoms with Gasteiger partial charge >= 0.3 is 0 Å². The summed E-state index contributed by atoms with van der Waals surface area (Å²) in [6.07, 6.45) is 2.62. The molecular weight excluding hydrogens is 212 g/mol. The number of nitrogens with one attached hydrogen (secondary N) is 2. The van der Waals surface area contributed by atoms with Gasteiger partial charge in [-0.3, -0.25) is 10.3 Å². The third-order valence-corrected chi connectivity index (χ3v) is 3.36. The Balaban J connectivity index is 1.73. The van der Waals surface area contributed by atoms with E-state index in [9.17, 15) is 0 Å². The third-order valence-electron chi connectivity index (χ3n) is 3.36. The molecule has 3 nitrogen and oxygen atoms in total. The monoisotopic (exact) mass is 231 g/mol. The van der Waals surface area contributed by atoms with Crippen molar-refractivity contribution in [3.63, 3.8) is 0 Å². The lowest BCUT2D eigenvalue weighted by Gasteiger charge is -2.10. The minimum atomic E-state index is 0.628. The highest BCUT2D eigenvalue weighted by Crippen LogP contribution is 2.44. The van der Waals surface area contributed by atoms with Gasteiger partial charge in [0.1, 0.15) is 18.8 Å². The van der Waals surface area contributed by atoms with E-state index in [4.69, 9.17) is 4.74 Å². The van der Waals surface area contributed by atoms with Crippen LogP contribution >= 0.6 is 0 Å². The fourth-order valence-electron chi connectivity index (χ4n) is 2.24. The van der Waals surface area contributed by atoms with E-state index in [1.54, 1.807) is 0 Å². The minimum Gasteiger partial charge on any atom is -0.481 e. The standard InChI is InChI=1S/C14H18N2O/c1-10-2-5-12(11-3-4-11)13(8-10)17-9-14-15-6-7-16-14/h2,5,8,11H,3-4,6-7,9H2,1H3,(H,15,16)/p+1. The number of ether oxygens (including phenoxy) is 1. The van der Waals surface area contributed by atoms with Crippen LogP contribution in [0.3, 0.4) is 0 Å². The summed E-state index contributed by atoms with van der Waals surface area (Å²) >= 11 is 0. The Morgan fingerprint density at radius 3 is 3.00 bits per heavy atom. The number of hydrogen-bond donors (Lipinski definition) is 2. The molecule has 0 amide bonds. The van der Waals surface area contributed by atoms with Gasteiger partial charge in [-0.2, -0.15) is 0 Å². The fourth-order valence-corrected chi connectivity index (χ4v) is 2.24. The Bertz CT molecular complexity index is 450. The van der Waals surface area contributed by atoms with Gasteiger partial charge in [0.25, 0.3) is 5.84 Å². The van der Waals surface area contributed by atoms with Crippen LogP contribution in [-0.2, 0) is 0 Å². The summed E-state index contributed by atoms with van der Waals surface area (Å²) in [7, 11) is 0. The zero-order chi connectivity index (χ0) is 11.7. The smallest absolute Gasteiger partial charge is 0.281 e. The largest absolute Gasteiger partial charge is 0.481 e. The summed E-state index contributed by atoms with van der Waals surface area (Å²) in [6, 6.07) is 6.56. The van der Waals surface area contributed by atoms with Crippen molar-refractivity contribution in [3.8, 4) is 5.75 Å². The number of rotatable bonds is 4. The van der Waals surface area contributed by atoms with E-state index < -0.39 is 0 Å². The first-order valence-corrected chi connectivity index (χ1v) is 6.40. The predicted octanol–water partition coefficient (Wildman–Crippen LogP) is 0.334. The molecule has 1 aromatic carbocycles. The Morgan fingerprint density at radius 2 is 2.29 bits per heavy atom. The molecular formula is C14H19N2O+. The molecule has 3 rings (SSSR count). The third kappa shape index (κ3) is 2.43. The molecule has 90 valence electrons. The Kier molecular flexibility index (Phi) is 2.75. The zero-order valence-electron chi connectivity index (χ0n) is 10.3. The van der Waals surface area contributed by atoms with Gasteiger partial charge in [0.05, 0.1) is 0 Å². The van der Waals surface area contributed by atoms with Crippen LogP contribution in [0.15, 0.2) is 18.2 Å². The summed E-state index contributed by atoms with van der Waals surface area (Å²) in [5.74, 6) is 2.91. The molecule has 1 aliphatic carbocycles. The van der Waals surface area contributed by atoms with Crippen molar-refractivity contribution in [3.05, 3.63) is 29.3 Å². The van der Waals surface area contributed by atoms with E-state index in [-0.39, 0.29) is 0 Å². The molecule has 0 unspecified atom stereocenters. The summed E-state index contributed by atoms with van der Waals surface area (Å²) in [5, 5.41) is 3.29. The van der Waals surface area contributed by atoms with Gasteiger partial charge in [-0.15, -0.1) is 0 Å². The molecule has 17 heavy (non-hydrogen) atoms. The van der Waals surface area contributed by atoms with E-state index in [0.29, 0.717) is 6.61 Å². The maximum absolute atomic E-state index is 5.94. The number of hydrogen-bond acceptors (Lipinski definition) is 2. The molecule has 3 heteroatoms. The Labute approximate surface area is 102 Å². The van der Waals surface area contributed by atoms with Crippen molar-refractivity contribution in [2.24, 2.45) is 0 Å². The molecule has 0 radical (unpaired) electrons. The maximum Gasteiger partial charge on any atom is 0.281 e. The molecule has 1 aliphatic heterocycles. The van der Waals surface area contributed by atoms with Gasteiger partial charge in [-0.25, -0.2) is 0 Å². The number of amidine groups is 1. The first kappa shape index (κ1) is 10.6. The topological polar surface area (TPSA) is 35.2 Å². The van der Waals surface area contributed by atoms with E-state index in [1.807, 2.05) is 0 Å². The zero-order valence-corrected chi connectivity index (χ0v) is 10.3. The maximum atomic E-state index is 5.94. The molecule has 1 aromatic rings. The second kappa shape index (κ2) is 4.40. The highest BCUT2D eigenvalue weighted by Gasteiger charge is 2.27. The van der Waals surface area contributed by atoms with Crippen LogP contribution in [0, 0.1) is 6.92 Å². The fraction of sp³-hybridized carbons (Fsp3) is 0.500. The molecule has 1 heterocycles. The highest BCUT2D eigenvalue weighted by atomic mass is 16.5. The van der Waals surface area contributed by atoms with Crippen molar-refractivity contribution in [2.75, 3.05) is 19.7 Å². The lowest BCUT2D eigenvalue weighted by atomic mass is 10.1. The molecule has 0 bridgehead atoms. The molecule has 2 aliphatic rings. The van der Waals surface area contributed by atoms with Gasteiger partial charge < -0.3 is 4.74 Å². The lowest BCUT2D eigenvalue weighted by molar-refractivity contribution is -0.446. The van der Waals surface area contributed by atoms with Crippen molar-refractivity contribution in [2.45, 2.75) is 25.7 Å². The van der Waals surface area contributed by atoms with Crippen LogP contribution in [0.4, 0.5) is 0 Å². The predicted molar refractivity (Wildman–Crippen MR) is 67.5 cm³/mol. The minimum absolute atomic E-state index is 0.628. The van der Waals surface area contributed by atoms with Crippen LogP contribution in [0.25, 0.3) is 0 Å². The number of benzene rings is 1. The van der Waals surface area contributed by atoms with Crippen LogP contribution in [0.5, 0.6) is 5.75 Å². The average molecular weight is 231 g/mol. The SMILES string of the molecule is Cc1ccc(C2CC2)c(OCC2=[NH+]CCN2)c1. The molecule has 1 fully saturated rings. The molecule has 2 N–H and O–H groups in total. The van der Waals surface area contributed by atoms with Crippen molar-refractivity contribution in [1.82, 2.24) is 5.32 Å². The Hall–Kier alpha value is -1.51. The molecule has 0 atom stereocenters. The lowest BCUT2D eigenvalue weighted by Crippen LogP contribution is -2.71. The first-order valence-electron chi connectivity index (χ1n) is 6.40. The second-order valence-corrected chi connectivity index (χ2v) is 4.94. The average Bonchev–Trinajstić information content (AvgIpc) is 3.03.